The van der Waals surface area contributed by atoms with Crippen LogP contribution in [0.15, 0.2) is 35.5 Å². The van der Waals surface area contributed by atoms with Gasteiger partial charge in [0.2, 0.25) is 0 Å². The van der Waals surface area contributed by atoms with Gasteiger partial charge in [0.15, 0.2) is 9.84 Å². The van der Waals surface area contributed by atoms with E-state index in [1.165, 1.54) is 68.1 Å². The van der Waals surface area contributed by atoms with Gasteiger partial charge in [0, 0.05) is 31.7 Å². The molecule has 6 nitrogen and oxygen atoms in total. The molecule has 1 aliphatic heterocycles. The summed E-state index contributed by atoms with van der Waals surface area (Å²) >= 11 is 0. The van der Waals surface area contributed by atoms with Crippen molar-refractivity contribution in [2.45, 2.75) is 117 Å². The molecule has 0 aromatic heterocycles. The third-order valence-corrected chi connectivity index (χ3v) is 18.4. The van der Waals surface area contributed by atoms with Crippen LogP contribution in [0.2, 0.25) is 0 Å². The molecule has 1 saturated heterocycles. The number of rotatable bonds is 8. The summed E-state index contributed by atoms with van der Waals surface area (Å²) in [4.78, 5) is 14.3. The van der Waals surface area contributed by atoms with Crippen molar-refractivity contribution >= 4 is 15.8 Å². The van der Waals surface area contributed by atoms with E-state index in [0.717, 1.165) is 25.4 Å². The largest absolute Gasteiger partial charge is 0.481 e. The number of carboxylic acid groups (broad SMARTS) is 1. The second-order valence-electron chi connectivity index (χ2n) is 19.3. The lowest BCUT2D eigenvalue weighted by Gasteiger charge is -2.69. The predicted molar refractivity (Wildman–Crippen MR) is 199 cm³/mol. The zero-order valence-electron chi connectivity index (χ0n) is 31.7. The minimum atomic E-state index is -2.86. The van der Waals surface area contributed by atoms with Crippen molar-refractivity contribution in [2.24, 2.45) is 57.2 Å². The number of fused-ring (bicyclic) bond motifs is 7. The fourth-order valence-electron chi connectivity index (χ4n) is 14.2. The normalized spacial score (nSPS) is 45.2. The average molecular weight is 713 g/mol. The summed E-state index contributed by atoms with van der Waals surface area (Å²) in [6.07, 6.45) is 17.1. The van der Waals surface area contributed by atoms with Gasteiger partial charge in [-0.05, 0) is 147 Å². The third kappa shape index (κ3) is 5.74. The van der Waals surface area contributed by atoms with Crippen LogP contribution in [0.4, 0.5) is 4.39 Å². The highest BCUT2D eigenvalue weighted by Crippen LogP contribution is 2.73. The SMILES string of the molecule is C=C(C)C1CCC2(NCCN3CCS(=O)(=O)CC3)CCC3C(CCC4C3(C)CCC3C(C)(C)C(C5=CCC(CF)(C(=O)O)CC5)=CCC34C)C12. The molecule has 0 radical (unpaired) electrons. The minimum absolute atomic E-state index is 0.00334. The molecule has 4 saturated carbocycles. The van der Waals surface area contributed by atoms with E-state index in [1.54, 1.807) is 0 Å². The highest BCUT2D eigenvalue weighted by molar-refractivity contribution is 7.91. The number of halogens is 1. The highest BCUT2D eigenvalue weighted by atomic mass is 32.2. The Morgan fingerprint density at radius 1 is 0.960 bits per heavy atom. The average Bonchev–Trinajstić information content (AvgIpc) is 3.46. The molecule has 8 heteroatoms. The number of hydrogen-bond acceptors (Lipinski definition) is 5. The molecular weight excluding hydrogens is 648 g/mol. The molecular formula is C42H65FN2O4S. The number of nitrogens with zero attached hydrogens (tertiary/aromatic N) is 1. The molecule has 1 heterocycles. The number of nitrogens with one attached hydrogen (secondary N) is 1. The Morgan fingerprint density at radius 2 is 1.68 bits per heavy atom. The fourth-order valence-corrected chi connectivity index (χ4v) is 15.5. The number of hydrogen-bond donors (Lipinski definition) is 2. The molecule has 5 fully saturated rings. The maximum atomic E-state index is 13.9. The van der Waals surface area contributed by atoms with Crippen LogP contribution in [0.25, 0.3) is 0 Å². The van der Waals surface area contributed by atoms with E-state index in [0.29, 0.717) is 78.9 Å². The predicted octanol–water partition coefficient (Wildman–Crippen LogP) is 8.01. The summed E-state index contributed by atoms with van der Waals surface area (Å²) in [6, 6.07) is 0. The molecule has 6 aliphatic carbocycles. The van der Waals surface area contributed by atoms with Gasteiger partial charge in [-0.2, -0.15) is 0 Å². The first-order valence-corrected chi connectivity index (χ1v) is 21.9. The van der Waals surface area contributed by atoms with E-state index in [1.807, 2.05) is 0 Å². The zero-order chi connectivity index (χ0) is 35.9. The quantitative estimate of drug-likeness (QED) is 0.248. The van der Waals surface area contributed by atoms with E-state index in [2.05, 4.69) is 63.6 Å². The summed E-state index contributed by atoms with van der Waals surface area (Å²) in [5.41, 5.74) is 3.48. The standard InChI is InChI=1S/C42H65FN2O4S/c1-28(2)30-11-19-42(44-21-22-45-23-25-50(48,49)26-24-45)20-13-33-31(36(30)42)7-8-35-39(33,5)16-14-34-38(3,4)32(12-15-40(34,35)6)29-9-17-41(27-43,18-10-29)37(46)47/h9,12,30-31,33-36,44H,1,7-8,10-11,13-27H2,2-6H3,(H,46,47). The monoisotopic (exact) mass is 712 g/mol. The Bertz CT molecular complexity index is 1540. The smallest absolute Gasteiger partial charge is 0.312 e. The zero-order valence-corrected chi connectivity index (χ0v) is 32.5. The molecule has 10 unspecified atom stereocenters. The Morgan fingerprint density at radius 3 is 2.32 bits per heavy atom. The van der Waals surface area contributed by atoms with Crippen molar-refractivity contribution in [1.82, 2.24) is 10.2 Å². The molecule has 0 aromatic rings. The lowest BCUT2D eigenvalue weighted by molar-refractivity contribution is -0.177. The van der Waals surface area contributed by atoms with Gasteiger partial charge in [-0.15, -0.1) is 0 Å². The summed E-state index contributed by atoms with van der Waals surface area (Å²) < 4.78 is 37.9. The maximum Gasteiger partial charge on any atom is 0.312 e. The maximum absolute atomic E-state index is 13.9. The van der Waals surface area contributed by atoms with Gasteiger partial charge < -0.3 is 15.3 Å². The summed E-state index contributed by atoms with van der Waals surface area (Å²) in [5.74, 6) is 3.47. The van der Waals surface area contributed by atoms with Gasteiger partial charge >= 0.3 is 5.97 Å². The Labute approximate surface area is 302 Å². The van der Waals surface area contributed by atoms with Crippen LogP contribution in [-0.2, 0) is 14.6 Å². The molecule has 0 spiro atoms. The van der Waals surface area contributed by atoms with Crippen molar-refractivity contribution in [3.63, 3.8) is 0 Å². The number of allylic oxidation sites excluding steroid dienone is 5. The summed E-state index contributed by atoms with van der Waals surface area (Å²) in [6.45, 7) is 19.4. The Balaban J connectivity index is 1.10. The van der Waals surface area contributed by atoms with Gasteiger partial charge in [-0.25, -0.2) is 12.8 Å². The first kappa shape index (κ1) is 36.8. The first-order chi connectivity index (χ1) is 23.5. The second kappa shape index (κ2) is 12.8. The third-order valence-electron chi connectivity index (χ3n) is 16.8. The number of aliphatic carboxylic acids is 1. The second-order valence-corrected chi connectivity index (χ2v) is 21.6. The molecule has 280 valence electrons. The summed E-state index contributed by atoms with van der Waals surface area (Å²) in [7, 11) is -2.86. The lowest BCUT2D eigenvalue weighted by Crippen LogP contribution is -2.64. The molecule has 7 rings (SSSR count). The van der Waals surface area contributed by atoms with Crippen molar-refractivity contribution in [3.8, 4) is 0 Å². The van der Waals surface area contributed by atoms with Crippen LogP contribution in [0.1, 0.15) is 112 Å². The summed E-state index contributed by atoms with van der Waals surface area (Å²) in [5, 5.41) is 14.0. The topological polar surface area (TPSA) is 86.7 Å². The van der Waals surface area contributed by atoms with Gasteiger partial charge in [-0.1, -0.05) is 52.0 Å². The molecule has 0 bridgehead atoms. The van der Waals surface area contributed by atoms with Crippen LogP contribution in [0, 0.1) is 57.2 Å². The minimum Gasteiger partial charge on any atom is -0.481 e. The fraction of sp³-hybridized carbons (Fsp3) is 0.833. The lowest BCUT2D eigenvalue weighted by atomic mass is 9.36. The van der Waals surface area contributed by atoms with Crippen LogP contribution in [0.3, 0.4) is 0 Å². The number of sulfone groups is 1. The van der Waals surface area contributed by atoms with Crippen molar-refractivity contribution in [3.05, 3.63) is 35.5 Å². The highest BCUT2D eigenvalue weighted by Gasteiger charge is 2.66. The van der Waals surface area contributed by atoms with Crippen molar-refractivity contribution < 1.29 is 22.7 Å². The van der Waals surface area contributed by atoms with Crippen LogP contribution in [0.5, 0.6) is 0 Å². The Hall–Kier alpha value is -1.51. The van der Waals surface area contributed by atoms with E-state index < -0.39 is 27.9 Å². The van der Waals surface area contributed by atoms with Crippen molar-refractivity contribution in [1.29, 1.82) is 0 Å². The Kier molecular flexibility index (Phi) is 9.44. The van der Waals surface area contributed by atoms with E-state index in [4.69, 9.17) is 0 Å². The number of alkyl halides is 1. The van der Waals surface area contributed by atoms with Gasteiger partial charge in [-0.3, -0.25) is 4.79 Å². The van der Waals surface area contributed by atoms with Crippen LogP contribution in [-0.4, -0.2) is 74.3 Å². The van der Waals surface area contributed by atoms with Crippen LogP contribution < -0.4 is 5.32 Å². The van der Waals surface area contributed by atoms with Gasteiger partial charge in [0.05, 0.1) is 16.9 Å². The molecule has 50 heavy (non-hydrogen) atoms. The number of carboxylic acids is 1. The van der Waals surface area contributed by atoms with E-state index >= 15 is 0 Å². The van der Waals surface area contributed by atoms with Crippen molar-refractivity contribution in [2.75, 3.05) is 44.4 Å². The molecule has 2 N–H and O–H groups in total. The first-order valence-electron chi connectivity index (χ1n) is 20.0. The van der Waals surface area contributed by atoms with Gasteiger partial charge in [0.25, 0.3) is 0 Å². The van der Waals surface area contributed by atoms with Crippen LogP contribution >= 0.6 is 0 Å². The number of carbonyl (C=O) groups is 1. The molecule has 0 aromatic carbocycles. The molecule has 7 aliphatic rings. The van der Waals surface area contributed by atoms with E-state index in [-0.39, 0.29) is 16.4 Å². The molecule has 0 amide bonds. The molecule has 10 atom stereocenters. The van der Waals surface area contributed by atoms with Gasteiger partial charge in [0.1, 0.15) is 6.67 Å². The van der Waals surface area contributed by atoms with E-state index in [9.17, 15) is 22.7 Å².